The van der Waals surface area contributed by atoms with E-state index < -0.39 is 117 Å². The summed E-state index contributed by atoms with van der Waals surface area (Å²) in [5, 5.41) is 36.2. The van der Waals surface area contributed by atoms with E-state index in [2.05, 4.69) is 80.7 Å². The van der Waals surface area contributed by atoms with Gasteiger partial charge >= 0.3 is 0 Å². The number of hydrogen-bond acceptors (Lipinski definition) is 15. The van der Waals surface area contributed by atoms with E-state index in [4.69, 9.17) is 17.2 Å². The minimum Gasteiger partial charge on any atom is -0.391 e. The van der Waals surface area contributed by atoms with Gasteiger partial charge in [-0.15, -0.1) is 0 Å². The Balaban J connectivity index is 0.974. The molecule has 28 heteroatoms. The molecular weight excluding hydrogens is 1390 g/mol. The normalized spacial score (nSPS) is 24.1. The van der Waals surface area contributed by atoms with Gasteiger partial charge in [0.1, 0.15) is 42.1 Å². The first-order chi connectivity index (χ1) is 51.5. The molecule has 3 aliphatic rings. The second-order valence-electron chi connectivity index (χ2n) is 28.8. The van der Waals surface area contributed by atoms with Crippen LogP contribution < -0.4 is 59.7 Å². The van der Waals surface area contributed by atoms with Crippen molar-refractivity contribution < 1.29 is 56.3 Å². The van der Waals surface area contributed by atoms with Gasteiger partial charge < -0.3 is 79.7 Å². The molecule has 2 aliphatic heterocycles. The SMILES string of the molecule is C[C@@H](O)[C@@H]1NC(=O)[C@H](CCCCN)NC(=O)[C@@H](Cc2c[nH]c3ccccc23)NC(=O)[C@H](Cc2ccccc2)NC(=O)[C@H](Cc2ccccc2)NC(=O)[C@H](CCCN=C(N)N)NC(=O)[C@H](NCCS(=O)(=O)C[C@@H]2C[C@@H]3c4cccc5[nH]cc(c45)C[C@H]3N(C)C2)CCCCCC(=O)[C@H](Cc2ccc(F)cc2)NC1=O. The average Bonchev–Trinajstić information content (AvgIpc) is 1.69. The molecule has 17 N–H and O–H groups in total. The standard InChI is InChI=1S/C79H102FN15O11S/c1-48(96)71-78(104)90-64(39-51-30-32-55(80)33-31-51)69(97)29-11-5-10-25-61(84-36-37-107(105,106)47-52-38-58-57-23-16-27-60-70(57)54(45-87-60)43-68(58)95(2)46-52)72(98)88-63(28-17-35-85-79(82)83)73(99)91-65(40-49-18-6-3-7-19-49)75(101)92-66(41-50-20-8-4-9-21-50)76(102)93-67(42-53-44-86-59-24-13-12-22-56(53)59)77(103)89-62(74(100)94-71)26-14-15-34-81/h3-4,6-9,12-13,16,18-24,27,30-33,44-45,48,52,58,61-68,71,84,86-87,96H,5,10-11,14-15,17,25-26,28-29,34-43,46-47,81H2,1-2H3,(H,88,98)(H,89,103)(H,90,104)(H,91,99)(H,92,101)(H,93,102)(H,94,100)(H4,82,83,85)/t48-,52-,58-,61-,62+,63+,64+,65+,66+,67-,68-,71+/m1/s1. The van der Waals surface area contributed by atoms with Crippen molar-refractivity contribution in [2.24, 2.45) is 28.1 Å². The molecule has 0 saturated carbocycles. The van der Waals surface area contributed by atoms with E-state index in [9.17, 15) is 32.3 Å². The number of para-hydroxylation sites is 1. The van der Waals surface area contributed by atoms with E-state index in [-0.39, 0.29) is 126 Å². The van der Waals surface area contributed by atoms with Crippen molar-refractivity contribution >= 4 is 84.7 Å². The number of carbonyl (C=O) groups excluding carboxylic acids is 8. The summed E-state index contributed by atoms with van der Waals surface area (Å²) in [6.45, 7) is 1.97. The Morgan fingerprint density at radius 2 is 1.18 bits per heavy atom. The zero-order chi connectivity index (χ0) is 76.2. The van der Waals surface area contributed by atoms with Gasteiger partial charge in [-0.05, 0) is 148 Å². The Kier molecular flexibility index (Phi) is 28.4. The van der Waals surface area contributed by atoms with Gasteiger partial charge in [0.15, 0.2) is 21.6 Å². The number of Topliss-reactive ketones (excluding diaryl/α,β-unsaturated/α-hetero) is 1. The Morgan fingerprint density at radius 3 is 1.83 bits per heavy atom. The Bertz CT molecular complexity index is 4350. The van der Waals surface area contributed by atoms with Crippen LogP contribution >= 0.6 is 0 Å². The second kappa shape index (κ2) is 38.1. The van der Waals surface area contributed by atoms with E-state index in [1.807, 2.05) is 37.4 Å². The first-order valence-electron chi connectivity index (χ1n) is 37.2. The molecule has 12 atom stereocenters. The van der Waals surface area contributed by atoms with Gasteiger partial charge in [0.2, 0.25) is 41.4 Å². The van der Waals surface area contributed by atoms with Gasteiger partial charge in [-0.3, -0.25) is 43.3 Å². The molecule has 1 aliphatic carbocycles. The van der Waals surface area contributed by atoms with Gasteiger partial charge in [0.25, 0.3) is 0 Å². The number of aliphatic imine (C=N–C) groups is 1. The number of halogens is 1. The van der Waals surface area contributed by atoms with Crippen LogP contribution in [-0.2, 0) is 80.3 Å². The molecule has 2 fully saturated rings. The molecule has 2 aromatic heterocycles. The summed E-state index contributed by atoms with van der Waals surface area (Å²) in [5.41, 5.74) is 23.9. The molecule has 572 valence electrons. The lowest BCUT2D eigenvalue weighted by Crippen LogP contribution is -2.61. The maximum Gasteiger partial charge on any atom is 0.245 e. The van der Waals surface area contributed by atoms with Gasteiger partial charge in [-0.1, -0.05) is 116 Å². The van der Waals surface area contributed by atoms with Crippen LogP contribution in [0.1, 0.15) is 117 Å². The highest BCUT2D eigenvalue weighted by molar-refractivity contribution is 7.91. The van der Waals surface area contributed by atoms with Crippen LogP contribution in [0, 0.1) is 11.7 Å². The summed E-state index contributed by atoms with van der Waals surface area (Å²) in [6, 6.07) is 25.5. The number of carbonyl (C=O) groups is 8. The lowest BCUT2D eigenvalue weighted by molar-refractivity contribution is -0.136. The third kappa shape index (κ3) is 22.4. The number of rotatable bonds is 23. The summed E-state index contributed by atoms with van der Waals surface area (Å²) in [6.07, 6.45) is 4.81. The van der Waals surface area contributed by atoms with Crippen molar-refractivity contribution in [1.29, 1.82) is 0 Å². The fourth-order valence-corrected chi connectivity index (χ4v) is 16.7. The highest BCUT2D eigenvalue weighted by Crippen LogP contribution is 2.44. The lowest BCUT2D eigenvalue weighted by Gasteiger charge is -2.45. The van der Waals surface area contributed by atoms with E-state index >= 15 is 24.0 Å². The van der Waals surface area contributed by atoms with Crippen molar-refractivity contribution in [1.82, 2.24) is 57.4 Å². The Labute approximate surface area is 623 Å². The molecule has 7 amide bonds. The fourth-order valence-electron chi connectivity index (χ4n) is 15.1. The number of nitrogens with one attached hydrogen (secondary N) is 10. The number of unbranched alkanes of at least 4 members (excludes halogenated alkanes) is 1. The number of amides is 7. The van der Waals surface area contributed by atoms with Gasteiger partial charge in [-0.2, -0.15) is 0 Å². The summed E-state index contributed by atoms with van der Waals surface area (Å²) in [5.74, 6) is -7.46. The number of H-pyrrole nitrogens is 2. The number of aliphatic hydroxyl groups is 1. The Hall–Kier alpha value is -9.87. The maximum atomic E-state index is 15.4. The van der Waals surface area contributed by atoms with E-state index in [0.717, 1.165) is 22.8 Å². The summed E-state index contributed by atoms with van der Waals surface area (Å²) < 4.78 is 43.0. The van der Waals surface area contributed by atoms with Crippen molar-refractivity contribution in [3.63, 3.8) is 0 Å². The summed E-state index contributed by atoms with van der Waals surface area (Å²) in [4.78, 5) is 133. The van der Waals surface area contributed by atoms with Gasteiger partial charge in [0, 0.05) is 91.5 Å². The molecule has 10 rings (SSSR count). The number of aromatic amines is 2. The Morgan fingerprint density at radius 1 is 0.617 bits per heavy atom. The lowest BCUT2D eigenvalue weighted by atomic mass is 9.73. The number of ketones is 1. The predicted molar refractivity (Wildman–Crippen MR) is 408 cm³/mol. The number of piperidine rings is 1. The zero-order valence-electron chi connectivity index (χ0n) is 60.7. The third-order valence-corrected chi connectivity index (χ3v) is 22.5. The number of guanidine groups is 1. The van der Waals surface area contributed by atoms with E-state index in [1.54, 1.807) is 66.9 Å². The molecule has 0 radical (unpaired) electrons. The quantitative estimate of drug-likeness (QED) is 0.0247. The first kappa shape index (κ1) is 79.7. The van der Waals surface area contributed by atoms with Crippen LogP contribution in [-0.4, -0.2) is 187 Å². The predicted octanol–water partition coefficient (Wildman–Crippen LogP) is 3.58. The topological polar surface area (TPSA) is 412 Å². The summed E-state index contributed by atoms with van der Waals surface area (Å²) in [7, 11) is -1.72. The number of nitrogens with zero attached hydrogens (tertiary/aromatic N) is 2. The van der Waals surface area contributed by atoms with Crippen LogP contribution in [0.5, 0.6) is 0 Å². The molecule has 0 unspecified atom stereocenters. The smallest absolute Gasteiger partial charge is 0.245 e. The van der Waals surface area contributed by atoms with E-state index in [0.29, 0.717) is 54.5 Å². The highest BCUT2D eigenvalue weighted by atomic mass is 32.2. The van der Waals surface area contributed by atoms with Crippen molar-refractivity contribution in [3.05, 3.63) is 179 Å². The number of likely N-dealkylation sites (N-methyl/N-ethyl adjacent to an activating group) is 1. The molecule has 0 spiro atoms. The number of nitrogens with two attached hydrogens (primary N) is 3. The number of aliphatic hydroxyl groups excluding tert-OH is 1. The van der Waals surface area contributed by atoms with Crippen LogP contribution in [0.3, 0.4) is 0 Å². The van der Waals surface area contributed by atoms with Gasteiger partial charge in [0.05, 0.1) is 29.7 Å². The van der Waals surface area contributed by atoms with Crippen molar-refractivity contribution in [3.8, 4) is 0 Å². The molecule has 107 heavy (non-hydrogen) atoms. The van der Waals surface area contributed by atoms with E-state index in [1.165, 1.54) is 47.7 Å². The highest BCUT2D eigenvalue weighted by Gasteiger charge is 2.42. The number of hydrogen-bond donors (Lipinski definition) is 14. The molecule has 5 aromatic carbocycles. The maximum absolute atomic E-state index is 15.4. The van der Waals surface area contributed by atoms with Crippen molar-refractivity contribution in [2.75, 3.05) is 44.7 Å². The van der Waals surface area contributed by atoms with Crippen LogP contribution in [0.25, 0.3) is 21.8 Å². The minimum absolute atomic E-state index is 0.0170. The largest absolute Gasteiger partial charge is 0.391 e. The monoisotopic (exact) mass is 1490 g/mol. The molecule has 0 bridgehead atoms. The summed E-state index contributed by atoms with van der Waals surface area (Å²) >= 11 is 0. The molecular formula is C79H102FN15O11S. The first-order valence-corrected chi connectivity index (χ1v) is 39.0. The molecule has 7 aromatic rings. The third-order valence-electron chi connectivity index (χ3n) is 20.7. The molecule has 4 heterocycles. The van der Waals surface area contributed by atoms with Crippen molar-refractivity contribution in [2.45, 2.75) is 176 Å². The fraction of sp³-hybridized carbons (Fsp3) is 0.456. The van der Waals surface area contributed by atoms with Crippen LogP contribution in [0.2, 0.25) is 0 Å². The number of likely N-dealkylation sites (tertiary alicyclic amines) is 1. The number of fused-ring (bicyclic) bond motifs is 3. The average molecular weight is 1490 g/mol. The molecule has 2 saturated heterocycles. The molecule has 26 nitrogen and oxygen atoms in total. The van der Waals surface area contributed by atoms with Crippen LogP contribution in [0.4, 0.5) is 4.39 Å². The minimum atomic E-state index is -3.76. The number of benzene rings is 5. The number of aromatic nitrogens is 2. The van der Waals surface area contributed by atoms with Crippen LogP contribution in [0.15, 0.2) is 145 Å². The van der Waals surface area contributed by atoms with Gasteiger partial charge in [-0.25, -0.2) is 12.8 Å². The zero-order valence-corrected chi connectivity index (χ0v) is 61.5. The number of sulfone groups is 1. The second-order valence-corrected chi connectivity index (χ2v) is 31.0.